The first kappa shape index (κ1) is 20.0. The number of halogens is 1. The van der Waals surface area contributed by atoms with E-state index in [0.717, 1.165) is 17.7 Å². The molecule has 0 radical (unpaired) electrons. The summed E-state index contributed by atoms with van der Waals surface area (Å²) >= 11 is 0. The molecule has 1 atom stereocenters. The van der Waals surface area contributed by atoms with Crippen molar-refractivity contribution in [3.05, 3.63) is 65.7 Å². The molecule has 5 heteroatoms. The van der Waals surface area contributed by atoms with Crippen molar-refractivity contribution in [2.75, 3.05) is 13.2 Å². The molecule has 130 valence electrons. The highest BCUT2D eigenvalue weighted by molar-refractivity contribution is 5.85. The lowest BCUT2D eigenvalue weighted by molar-refractivity contribution is -0.121. The summed E-state index contributed by atoms with van der Waals surface area (Å²) in [5.74, 6) is 0.824. The first-order valence-electron chi connectivity index (χ1n) is 7.92. The average Bonchev–Trinajstić information content (AvgIpc) is 2.57. The highest BCUT2D eigenvalue weighted by atomic mass is 35.5. The van der Waals surface area contributed by atoms with Gasteiger partial charge in [0.25, 0.3) is 0 Å². The lowest BCUT2D eigenvalue weighted by Gasteiger charge is -2.12. The van der Waals surface area contributed by atoms with Crippen molar-refractivity contribution in [3.63, 3.8) is 0 Å². The Kier molecular flexibility index (Phi) is 8.90. The molecule has 0 fully saturated rings. The van der Waals surface area contributed by atoms with E-state index >= 15 is 0 Å². The third-order valence-corrected chi connectivity index (χ3v) is 3.57. The van der Waals surface area contributed by atoms with Gasteiger partial charge in [-0.3, -0.25) is 4.79 Å². The van der Waals surface area contributed by atoms with Crippen molar-refractivity contribution in [2.24, 2.45) is 5.73 Å². The zero-order valence-electron chi connectivity index (χ0n) is 13.9. The van der Waals surface area contributed by atoms with Crippen LogP contribution in [-0.4, -0.2) is 19.1 Å². The summed E-state index contributed by atoms with van der Waals surface area (Å²) < 4.78 is 5.62. The minimum absolute atomic E-state index is 0. The number of nitrogens with one attached hydrogen (secondary N) is 1. The number of amides is 1. The van der Waals surface area contributed by atoms with E-state index in [9.17, 15) is 4.79 Å². The molecule has 0 aromatic heterocycles. The maximum absolute atomic E-state index is 11.9. The Labute approximate surface area is 149 Å². The Morgan fingerprint density at radius 1 is 1.12 bits per heavy atom. The van der Waals surface area contributed by atoms with Crippen molar-refractivity contribution in [3.8, 4) is 5.75 Å². The summed E-state index contributed by atoms with van der Waals surface area (Å²) in [4.78, 5) is 11.9. The Morgan fingerprint density at radius 2 is 1.79 bits per heavy atom. The molecule has 2 rings (SSSR count). The minimum atomic E-state index is -0.264. The van der Waals surface area contributed by atoms with Crippen LogP contribution >= 0.6 is 12.4 Å². The summed E-state index contributed by atoms with van der Waals surface area (Å²) in [7, 11) is 0. The number of carbonyl (C=O) groups is 1. The lowest BCUT2D eigenvalue weighted by atomic mass is 10.0. The molecule has 0 saturated carbocycles. The minimum Gasteiger partial charge on any atom is -0.494 e. The van der Waals surface area contributed by atoms with E-state index in [1.54, 1.807) is 0 Å². The predicted octanol–water partition coefficient (Wildman–Crippen LogP) is 3.39. The van der Waals surface area contributed by atoms with Gasteiger partial charge in [-0.15, -0.1) is 12.4 Å². The maximum atomic E-state index is 11.9. The number of carbonyl (C=O) groups excluding carboxylic acids is 1. The second-order valence-corrected chi connectivity index (χ2v) is 5.59. The van der Waals surface area contributed by atoms with Gasteiger partial charge in [0.15, 0.2) is 0 Å². The van der Waals surface area contributed by atoms with Gasteiger partial charge in [0.1, 0.15) is 5.75 Å². The van der Waals surface area contributed by atoms with Gasteiger partial charge in [-0.25, -0.2) is 0 Å². The molecule has 2 aromatic carbocycles. The van der Waals surface area contributed by atoms with Crippen molar-refractivity contribution in [1.82, 2.24) is 5.32 Å². The molecule has 1 amide bonds. The Bertz CT molecular complexity index is 603. The van der Waals surface area contributed by atoms with Crippen LogP contribution in [0.5, 0.6) is 5.75 Å². The molecule has 0 aliphatic carbocycles. The number of benzene rings is 2. The van der Waals surface area contributed by atoms with Gasteiger partial charge < -0.3 is 15.8 Å². The summed E-state index contributed by atoms with van der Waals surface area (Å²) in [6, 6.07) is 17.3. The fraction of sp³-hybridized carbons (Fsp3) is 0.316. The van der Waals surface area contributed by atoms with E-state index in [-0.39, 0.29) is 24.4 Å². The molecular formula is C19H25ClN2O2. The van der Waals surface area contributed by atoms with E-state index in [1.807, 2.05) is 61.5 Å². The van der Waals surface area contributed by atoms with Crippen LogP contribution in [0.2, 0.25) is 0 Å². The van der Waals surface area contributed by atoms with E-state index < -0.39 is 0 Å². The lowest BCUT2D eigenvalue weighted by Crippen LogP contribution is -2.29. The van der Waals surface area contributed by atoms with Gasteiger partial charge in [0.2, 0.25) is 5.91 Å². The summed E-state index contributed by atoms with van der Waals surface area (Å²) in [6.07, 6.45) is 1.06. The Morgan fingerprint density at radius 3 is 2.46 bits per heavy atom. The van der Waals surface area contributed by atoms with Gasteiger partial charge in [-0.05, 0) is 31.0 Å². The number of nitrogens with two attached hydrogens (primary N) is 1. The van der Waals surface area contributed by atoms with Crippen molar-refractivity contribution in [2.45, 2.75) is 25.8 Å². The van der Waals surface area contributed by atoms with Crippen LogP contribution in [0, 0.1) is 6.92 Å². The smallest absolute Gasteiger partial charge is 0.221 e. The number of hydrogen-bond acceptors (Lipinski definition) is 3. The SMILES string of the molecule is Cc1ccc(OCCCNC(=O)CC(N)c2ccccc2)cc1.Cl. The van der Waals surface area contributed by atoms with Gasteiger partial charge in [-0.2, -0.15) is 0 Å². The van der Waals surface area contributed by atoms with Gasteiger partial charge in [0.05, 0.1) is 6.61 Å². The number of ether oxygens (including phenoxy) is 1. The van der Waals surface area contributed by atoms with Crippen molar-refractivity contribution < 1.29 is 9.53 Å². The van der Waals surface area contributed by atoms with Gasteiger partial charge in [-0.1, -0.05) is 48.0 Å². The highest BCUT2D eigenvalue weighted by Gasteiger charge is 2.10. The van der Waals surface area contributed by atoms with Crippen LogP contribution in [0.4, 0.5) is 0 Å². The first-order valence-corrected chi connectivity index (χ1v) is 7.92. The largest absolute Gasteiger partial charge is 0.494 e. The quantitative estimate of drug-likeness (QED) is 0.719. The molecule has 0 heterocycles. The van der Waals surface area contributed by atoms with Crippen molar-refractivity contribution >= 4 is 18.3 Å². The van der Waals surface area contributed by atoms with Crippen LogP contribution in [0.25, 0.3) is 0 Å². The van der Waals surface area contributed by atoms with Crippen LogP contribution < -0.4 is 15.8 Å². The first-order chi connectivity index (χ1) is 11.1. The zero-order valence-corrected chi connectivity index (χ0v) is 14.7. The standard InChI is InChI=1S/C19H24N2O2.ClH/c1-15-8-10-17(11-9-15)23-13-5-12-21-19(22)14-18(20)16-6-3-2-4-7-16;/h2-4,6-11,18H,5,12-14,20H2,1H3,(H,21,22);1H. The third-order valence-electron chi connectivity index (χ3n) is 3.57. The fourth-order valence-electron chi connectivity index (χ4n) is 2.21. The topological polar surface area (TPSA) is 64.3 Å². The van der Waals surface area contributed by atoms with Crippen molar-refractivity contribution in [1.29, 1.82) is 0 Å². The third kappa shape index (κ3) is 7.02. The second-order valence-electron chi connectivity index (χ2n) is 5.59. The summed E-state index contributed by atoms with van der Waals surface area (Å²) in [6.45, 7) is 3.21. The molecule has 0 spiro atoms. The zero-order chi connectivity index (χ0) is 16.5. The number of rotatable bonds is 8. The molecule has 24 heavy (non-hydrogen) atoms. The normalized spacial score (nSPS) is 11.2. The maximum Gasteiger partial charge on any atom is 0.221 e. The van der Waals surface area contributed by atoms with Gasteiger partial charge >= 0.3 is 0 Å². The fourth-order valence-corrected chi connectivity index (χ4v) is 2.21. The second kappa shape index (κ2) is 10.7. The Hall–Kier alpha value is -2.04. The molecule has 0 saturated heterocycles. The highest BCUT2D eigenvalue weighted by Crippen LogP contribution is 2.13. The molecule has 2 aromatic rings. The number of hydrogen-bond donors (Lipinski definition) is 2. The van der Waals surface area contributed by atoms with Gasteiger partial charge in [0, 0.05) is 19.0 Å². The van der Waals surface area contributed by atoms with E-state index in [2.05, 4.69) is 5.32 Å². The molecule has 0 aliphatic heterocycles. The number of aryl methyl sites for hydroxylation is 1. The molecule has 1 unspecified atom stereocenters. The van der Waals surface area contributed by atoms with E-state index in [1.165, 1.54) is 5.56 Å². The Balaban J connectivity index is 0.00000288. The average molecular weight is 349 g/mol. The van der Waals surface area contributed by atoms with Crippen LogP contribution in [-0.2, 0) is 4.79 Å². The van der Waals surface area contributed by atoms with Crippen LogP contribution in [0.15, 0.2) is 54.6 Å². The van der Waals surface area contributed by atoms with E-state index in [0.29, 0.717) is 19.6 Å². The van der Waals surface area contributed by atoms with Crippen LogP contribution in [0.3, 0.4) is 0 Å². The predicted molar refractivity (Wildman–Crippen MR) is 99.5 cm³/mol. The molecule has 0 bridgehead atoms. The monoisotopic (exact) mass is 348 g/mol. The van der Waals surface area contributed by atoms with Crippen LogP contribution in [0.1, 0.15) is 30.0 Å². The molecular weight excluding hydrogens is 324 g/mol. The molecule has 4 nitrogen and oxygen atoms in total. The summed E-state index contributed by atoms with van der Waals surface area (Å²) in [5.41, 5.74) is 8.21. The van der Waals surface area contributed by atoms with E-state index in [4.69, 9.17) is 10.5 Å². The molecule has 0 aliphatic rings. The summed E-state index contributed by atoms with van der Waals surface area (Å²) in [5, 5.41) is 2.88. The molecule has 3 N–H and O–H groups in total.